The zero-order valence-corrected chi connectivity index (χ0v) is 10.7. The fraction of sp³-hybridized carbons (Fsp3) is 0.545. The van der Waals surface area contributed by atoms with Gasteiger partial charge in [0.25, 0.3) is 5.91 Å². The summed E-state index contributed by atoms with van der Waals surface area (Å²) in [5.41, 5.74) is 0. The van der Waals surface area contributed by atoms with Gasteiger partial charge in [-0.3, -0.25) is 4.79 Å². The first-order valence-electron chi connectivity index (χ1n) is 5.09. The summed E-state index contributed by atoms with van der Waals surface area (Å²) in [6.45, 7) is 2.74. The zero-order chi connectivity index (χ0) is 11.3. The van der Waals surface area contributed by atoms with Crippen molar-refractivity contribution in [2.45, 2.75) is 19.8 Å². The number of halogens is 1. The van der Waals surface area contributed by atoms with Crippen LogP contribution in [0.1, 0.15) is 29.7 Å². The molecule has 0 N–H and O–H groups in total. The molecule has 0 aliphatic carbocycles. The highest BCUT2D eigenvalue weighted by Crippen LogP contribution is 2.10. The third-order valence-corrected chi connectivity index (χ3v) is 2.76. The van der Waals surface area contributed by atoms with Gasteiger partial charge in [-0.2, -0.15) is 0 Å². The Kier molecular flexibility index (Phi) is 4.88. The number of hydrogen-bond acceptors (Lipinski definition) is 2. The molecule has 0 aromatic carbocycles. The molecule has 4 heteroatoms. The second-order valence-corrected chi connectivity index (χ2v) is 4.18. The van der Waals surface area contributed by atoms with Crippen LogP contribution in [0.2, 0.25) is 0 Å². The number of amides is 1. The molecule has 0 atom stereocenters. The van der Waals surface area contributed by atoms with Gasteiger partial charge in [0.2, 0.25) is 0 Å². The van der Waals surface area contributed by atoms with Crippen LogP contribution in [0.4, 0.5) is 0 Å². The van der Waals surface area contributed by atoms with Gasteiger partial charge in [-0.25, -0.2) is 0 Å². The predicted octanol–water partition coefficient (Wildman–Crippen LogP) is 2.70. The Labute approximate surface area is 98.6 Å². The summed E-state index contributed by atoms with van der Waals surface area (Å²) in [6, 6.07) is 3.59. The van der Waals surface area contributed by atoms with Crippen molar-refractivity contribution in [3.05, 3.63) is 23.7 Å². The third-order valence-electron chi connectivity index (χ3n) is 2.19. The van der Waals surface area contributed by atoms with Crippen molar-refractivity contribution in [2.75, 3.05) is 18.9 Å². The van der Waals surface area contributed by atoms with E-state index in [1.165, 1.54) is 0 Å². The van der Waals surface area contributed by atoms with Crippen LogP contribution in [0.25, 0.3) is 0 Å². The van der Waals surface area contributed by atoms with E-state index in [-0.39, 0.29) is 5.91 Å². The van der Waals surface area contributed by atoms with Gasteiger partial charge >= 0.3 is 0 Å². The summed E-state index contributed by atoms with van der Waals surface area (Å²) in [6.07, 6.45) is 1.77. The summed E-state index contributed by atoms with van der Waals surface area (Å²) in [7, 11) is 1.79. The molecular formula is C11H16BrNO2. The van der Waals surface area contributed by atoms with E-state index >= 15 is 0 Å². The molecule has 1 rings (SSSR count). The van der Waals surface area contributed by atoms with Gasteiger partial charge < -0.3 is 9.32 Å². The lowest BCUT2D eigenvalue weighted by molar-refractivity contribution is 0.0762. The maximum atomic E-state index is 11.8. The Morgan fingerprint density at radius 2 is 2.27 bits per heavy atom. The van der Waals surface area contributed by atoms with Crippen LogP contribution in [0.5, 0.6) is 0 Å². The van der Waals surface area contributed by atoms with Gasteiger partial charge in [0.15, 0.2) is 5.76 Å². The molecule has 84 valence electrons. The highest BCUT2D eigenvalue weighted by molar-refractivity contribution is 9.09. The Balaban J connectivity index is 2.59. The molecule has 1 heterocycles. The maximum Gasteiger partial charge on any atom is 0.289 e. The molecule has 3 nitrogen and oxygen atoms in total. The summed E-state index contributed by atoms with van der Waals surface area (Å²) in [5, 5.41) is 0.906. The number of hydrogen-bond donors (Lipinski definition) is 0. The molecular weight excluding hydrogens is 258 g/mol. The molecule has 0 saturated heterocycles. The van der Waals surface area contributed by atoms with E-state index < -0.39 is 0 Å². The number of aryl methyl sites for hydroxylation is 1. The van der Waals surface area contributed by atoms with Crippen molar-refractivity contribution >= 4 is 21.8 Å². The summed E-state index contributed by atoms with van der Waals surface area (Å²) in [4.78, 5) is 13.5. The molecule has 0 saturated carbocycles. The molecule has 1 amide bonds. The van der Waals surface area contributed by atoms with Gasteiger partial charge in [-0.1, -0.05) is 22.9 Å². The monoisotopic (exact) mass is 273 g/mol. The molecule has 0 aliphatic heterocycles. The minimum Gasteiger partial charge on any atom is -0.456 e. The van der Waals surface area contributed by atoms with Crippen LogP contribution in [0.3, 0.4) is 0 Å². The fourth-order valence-corrected chi connectivity index (χ4v) is 1.52. The average molecular weight is 274 g/mol. The first kappa shape index (κ1) is 12.3. The van der Waals surface area contributed by atoms with Crippen LogP contribution in [0, 0.1) is 0 Å². The molecule has 1 aromatic rings. The van der Waals surface area contributed by atoms with Crippen molar-refractivity contribution in [1.29, 1.82) is 0 Å². The Morgan fingerprint density at radius 3 is 2.80 bits per heavy atom. The third kappa shape index (κ3) is 3.38. The van der Waals surface area contributed by atoms with E-state index in [0.717, 1.165) is 30.5 Å². The number of nitrogens with zero attached hydrogens (tertiary/aromatic N) is 1. The van der Waals surface area contributed by atoms with Crippen molar-refractivity contribution < 1.29 is 9.21 Å². The molecule has 0 spiro atoms. The molecule has 0 fully saturated rings. The fourth-order valence-electron chi connectivity index (χ4n) is 1.27. The largest absolute Gasteiger partial charge is 0.456 e. The molecule has 1 aromatic heterocycles. The first-order valence-corrected chi connectivity index (χ1v) is 6.21. The lowest BCUT2D eigenvalue weighted by Crippen LogP contribution is -2.27. The van der Waals surface area contributed by atoms with Gasteiger partial charge in [-0.05, 0) is 18.6 Å². The van der Waals surface area contributed by atoms with Gasteiger partial charge in [0.1, 0.15) is 5.76 Å². The van der Waals surface area contributed by atoms with E-state index in [4.69, 9.17) is 4.42 Å². The van der Waals surface area contributed by atoms with Crippen molar-refractivity contribution in [3.8, 4) is 0 Å². The molecule has 0 aliphatic rings. The van der Waals surface area contributed by atoms with Gasteiger partial charge in [0, 0.05) is 25.3 Å². The minimum atomic E-state index is -0.0457. The summed E-state index contributed by atoms with van der Waals surface area (Å²) in [5.74, 6) is 1.24. The normalized spacial score (nSPS) is 10.3. The number of carbonyl (C=O) groups excluding carboxylic acids is 1. The van der Waals surface area contributed by atoms with E-state index in [1.807, 2.05) is 13.0 Å². The summed E-state index contributed by atoms with van der Waals surface area (Å²) >= 11 is 3.34. The first-order chi connectivity index (χ1) is 7.19. The molecule has 0 unspecified atom stereocenters. The van der Waals surface area contributed by atoms with E-state index in [0.29, 0.717) is 5.76 Å². The van der Waals surface area contributed by atoms with E-state index in [9.17, 15) is 4.79 Å². The second kappa shape index (κ2) is 5.95. The Hall–Kier alpha value is -0.770. The van der Waals surface area contributed by atoms with Crippen LogP contribution < -0.4 is 0 Å². The highest BCUT2D eigenvalue weighted by atomic mass is 79.9. The molecule has 15 heavy (non-hydrogen) atoms. The number of carbonyl (C=O) groups is 1. The van der Waals surface area contributed by atoms with Crippen molar-refractivity contribution in [2.24, 2.45) is 0 Å². The van der Waals surface area contributed by atoms with Crippen LogP contribution in [-0.2, 0) is 6.42 Å². The number of alkyl halides is 1. The number of rotatable bonds is 5. The number of furan rings is 1. The van der Waals surface area contributed by atoms with Crippen LogP contribution >= 0.6 is 15.9 Å². The highest BCUT2D eigenvalue weighted by Gasteiger charge is 2.14. The average Bonchev–Trinajstić information content (AvgIpc) is 2.73. The predicted molar refractivity (Wildman–Crippen MR) is 63.5 cm³/mol. The molecule has 0 bridgehead atoms. The Bertz CT molecular complexity index is 322. The van der Waals surface area contributed by atoms with E-state index in [2.05, 4.69) is 15.9 Å². The Morgan fingerprint density at radius 1 is 1.53 bits per heavy atom. The van der Waals surface area contributed by atoms with Crippen LogP contribution in [0.15, 0.2) is 16.5 Å². The molecule has 0 radical (unpaired) electrons. The van der Waals surface area contributed by atoms with Gasteiger partial charge in [0.05, 0.1) is 0 Å². The standard InChI is InChI=1S/C11H16BrNO2/c1-3-9-5-6-10(15-9)11(14)13(2)8-4-7-12/h5-6H,3-4,7-8H2,1-2H3. The van der Waals surface area contributed by atoms with Crippen molar-refractivity contribution in [3.63, 3.8) is 0 Å². The van der Waals surface area contributed by atoms with Crippen LogP contribution in [-0.4, -0.2) is 29.7 Å². The van der Waals surface area contributed by atoms with Gasteiger partial charge in [-0.15, -0.1) is 0 Å². The zero-order valence-electron chi connectivity index (χ0n) is 9.12. The quantitative estimate of drug-likeness (QED) is 0.773. The summed E-state index contributed by atoms with van der Waals surface area (Å²) < 4.78 is 5.39. The van der Waals surface area contributed by atoms with Crippen molar-refractivity contribution in [1.82, 2.24) is 4.90 Å². The second-order valence-electron chi connectivity index (χ2n) is 3.39. The topological polar surface area (TPSA) is 33.5 Å². The SMILES string of the molecule is CCc1ccc(C(=O)N(C)CCCBr)o1. The minimum absolute atomic E-state index is 0.0457. The lowest BCUT2D eigenvalue weighted by Gasteiger charge is -2.14. The maximum absolute atomic E-state index is 11.8. The smallest absolute Gasteiger partial charge is 0.289 e. The van der Waals surface area contributed by atoms with E-state index in [1.54, 1.807) is 18.0 Å². The lowest BCUT2D eigenvalue weighted by atomic mass is 10.3.